The number of hydrogen-bond donors (Lipinski definition) is 2. The van der Waals surface area contributed by atoms with Gasteiger partial charge in [0.25, 0.3) is 0 Å². The van der Waals surface area contributed by atoms with E-state index in [1.165, 1.54) is 0 Å². The van der Waals surface area contributed by atoms with E-state index in [9.17, 15) is 4.79 Å². The molecule has 2 N–H and O–H groups in total. The van der Waals surface area contributed by atoms with E-state index in [1.807, 2.05) is 24.3 Å². The van der Waals surface area contributed by atoms with Crippen LogP contribution in [0.2, 0.25) is 0 Å². The predicted octanol–water partition coefficient (Wildman–Crippen LogP) is 1.24. The van der Waals surface area contributed by atoms with E-state index in [-0.39, 0.29) is 11.8 Å². The lowest BCUT2D eigenvalue weighted by molar-refractivity contribution is -0.124. The molecule has 1 amide bonds. The van der Waals surface area contributed by atoms with Crippen LogP contribution in [0.5, 0.6) is 5.75 Å². The molecule has 0 spiro atoms. The molecule has 1 atom stereocenters. The summed E-state index contributed by atoms with van der Waals surface area (Å²) in [5, 5.41) is 6.21. The minimum atomic E-state index is 0.124. The maximum atomic E-state index is 11.9. The van der Waals surface area contributed by atoms with Crippen LogP contribution in [0.1, 0.15) is 18.4 Å². The summed E-state index contributed by atoms with van der Waals surface area (Å²) in [5.74, 6) is 1.15. The molecular weight excluding hydrogens is 278 g/mol. The fourth-order valence-electron chi connectivity index (χ4n) is 2.49. The summed E-state index contributed by atoms with van der Waals surface area (Å²) < 4.78 is 5.70. The standard InChI is InChI=1S/C17H27N3O2/c1-20(2)10-3-11-22-16-6-4-14(5-7-16)12-19-17(21)15-8-9-18-13-15/h4-7,15,18H,3,8-13H2,1-2H3,(H,19,21). The maximum Gasteiger partial charge on any atom is 0.224 e. The Morgan fingerprint density at radius 3 is 2.77 bits per heavy atom. The molecule has 22 heavy (non-hydrogen) atoms. The van der Waals surface area contributed by atoms with Crippen LogP contribution in [0.4, 0.5) is 0 Å². The van der Waals surface area contributed by atoms with Gasteiger partial charge in [-0.2, -0.15) is 0 Å². The highest BCUT2D eigenvalue weighted by Crippen LogP contribution is 2.13. The molecule has 1 aromatic carbocycles. The Morgan fingerprint density at radius 2 is 2.14 bits per heavy atom. The van der Waals surface area contributed by atoms with E-state index >= 15 is 0 Å². The van der Waals surface area contributed by atoms with Crippen molar-refractivity contribution in [1.29, 1.82) is 0 Å². The van der Waals surface area contributed by atoms with Crippen LogP contribution in [-0.2, 0) is 11.3 Å². The van der Waals surface area contributed by atoms with Gasteiger partial charge in [-0.05, 0) is 51.2 Å². The summed E-state index contributed by atoms with van der Waals surface area (Å²) in [6, 6.07) is 7.95. The van der Waals surface area contributed by atoms with Crippen LogP contribution >= 0.6 is 0 Å². The minimum absolute atomic E-state index is 0.124. The van der Waals surface area contributed by atoms with E-state index in [0.29, 0.717) is 6.54 Å². The topological polar surface area (TPSA) is 53.6 Å². The molecule has 0 radical (unpaired) electrons. The van der Waals surface area contributed by atoms with Crippen molar-refractivity contribution in [1.82, 2.24) is 15.5 Å². The molecule has 5 nitrogen and oxygen atoms in total. The molecule has 1 aromatic rings. The second-order valence-electron chi connectivity index (χ2n) is 6.06. The van der Waals surface area contributed by atoms with Crippen molar-refractivity contribution < 1.29 is 9.53 Å². The van der Waals surface area contributed by atoms with E-state index in [1.54, 1.807) is 0 Å². The molecule has 1 aliphatic heterocycles. The number of carbonyl (C=O) groups is 1. The second kappa shape index (κ2) is 8.76. The number of carbonyl (C=O) groups excluding carboxylic acids is 1. The predicted molar refractivity (Wildman–Crippen MR) is 87.9 cm³/mol. The van der Waals surface area contributed by atoms with Crippen molar-refractivity contribution in [2.45, 2.75) is 19.4 Å². The fourth-order valence-corrected chi connectivity index (χ4v) is 2.49. The highest BCUT2D eigenvalue weighted by molar-refractivity contribution is 5.79. The molecule has 1 heterocycles. The summed E-state index contributed by atoms with van der Waals surface area (Å²) in [6.45, 7) is 4.07. The number of ether oxygens (including phenoxy) is 1. The van der Waals surface area contributed by atoms with Crippen molar-refractivity contribution in [3.05, 3.63) is 29.8 Å². The Bertz CT molecular complexity index is 453. The summed E-state index contributed by atoms with van der Waals surface area (Å²) in [4.78, 5) is 14.1. The lowest BCUT2D eigenvalue weighted by Gasteiger charge is -2.12. The van der Waals surface area contributed by atoms with Gasteiger partial charge in [0.2, 0.25) is 5.91 Å². The number of benzene rings is 1. The Morgan fingerprint density at radius 1 is 1.36 bits per heavy atom. The van der Waals surface area contributed by atoms with Gasteiger partial charge in [0.1, 0.15) is 5.75 Å². The van der Waals surface area contributed by atoms with Gasteiger partial charge < -0.3 is 20.3 Å². The molecule has 1 fully saturated rings. The average molecular weight is 305 g/mol. The average Bonchev–Trinajstić information content (AvgIpc) is 3.04. The van der Waals surface area contributed by atoms with E-state index in [0.717, 1.165) is 50.4 Å². The van der Waals surface area contributed by atoms with Crippen LogP contribution in [0.25, 0.3) is 0 Å². The third-order valence-corrected chi connectivity index (χ3v) is 3.84. The molecule has 1 aliphatic rings. The van der Waals surface area contributed by atoms with Gasteiger partial charge in [-0.1, -0.05) is 12.1 Å². The zero-order valence-corrected chi connectivity index (χ0v) is 13.6. The summed E-state index contributed by atoms with van der Waals surface area (Å²) >= 11 is 0. The number of nitrogens with zero attached hydrogens (tertiary/aromatic N) is 1. The van der Waals surface area contributed by atoms with Gasteiger partial charge in [0, 0.05) is 19.6 Å². The molecule has 0 aromatic heterocycles. The molecule has 122 valence electrons. The van der Waals surface area contributed by atoms with E-state index in [2.05, 4.69) is 29.6 Å². The van der Waals surface area contributed by atoms with Gasteiger partial charge in [-0.15, -0.1) is 0 Å². The van der Waals surface area contributed by atoms with Crippen molar-refractivity contribution in [2.24, 2.45) is 5.92 Å². The quantitative estimate of drug-likeness (QED) is 0.710. The number of nitrogens with one attached hydrogen (secondary N) is 2. The summed E-state index contributed by atoms with van der Waals surface area (Å²) in [7, 11) is 4.12. The summed E-state index contributed by atoms with van der Waals surface area (Å²) in [6.07, 6.45) is 1.95. The van der Waals surface area contributed by atoms with Crippen LogP contribution in [0.3, 0.4) is 0 Å². The van der Waals surface area contributed by atoms with Crippen LogP contribution < -0.4 is 15.4 Å². The van der Waals surface area contributed by atoms with Gasteiger partial charge in [0.05, 0.1) is 12.5 Å². The van der Waals surface area contributed by atoms with Crippen LogP contribution in [0.15, 0.2) is 24.3 Å². The maximum absolute atomic E-state index is 11.9. The summed E-state index contributed by atoms with van der Waals surface area (Å²) in [5.41, 5.74) is 1.10. The second-order valence-corrected chi connectivity index (χ2v) is 6.06. The Hall–Kier alpha value is -1.59. The molecule has 0 saturated carbocycles. The lowest BCUT2D eigenvalue weighted by Crippen LogP contribution is -2.31. The monoisotopic (exact) mass is 305 g/mol. The normalized spacial score (nSPS) is 17.7. The van der Waals surface area contributed by atoms with Gasteiger partial charge in [-0.3, -0.25) is 4.79 Å². The molecule has 0 bridgehead atoms. The van der Waals surface area contributed by atoms with Crippen molar-refractivity contribution in [2.75, 3.05) is 40.3 Å². The SMILES string of the molecule is CN(C)CCCOc1ccc(CNC(=O)C2CCNC2)cc1. The third-order valence-electron chi connectivity index (χ3n) is 3.84. The number of hydrogen-bond acceptors (Lipinski definition) is 4. The molecule has 1 saturated heterocycles. The number of rotatable bonds is 8. The first-order valence-electron chi connectivity index (χ1n) is 8.00. The van der Waals surface area contributed by atoms with Gasteiger partial charge in [0.15, 0.2) is 0 Å². The van der Waals surface area contributed by atoms with Gasteiger partial charge >= 0.3 is 0 Å². The van der Waals surface area contributed by atoms with Crippen LogP contribution in [0, 0.1) is 5.92 Å². The van der Waals surface area contributed by atoms with Crippen LogP contribution in [-0.4, -0.2) is 51.1 Å². The minimum Gasteiger partial charge on any atom is -0.494 e. The van der Waals surface area contributed by atoms with Crippen molar-refractivity contribution >= 4 is 5.91 Å². The van der Waals surface area contributed by atoms with Crippen molar-refractivity contribution in [3.63, 3.8) is 0 Å². The first-order valence-corrected chi connectivity index (χ1v) is 8.00. The van der Waals surface area contributed by atoms with E-state index < -0.39 is 0 Å². The third kappa shape index (κ3) is 5.66. The fraction of sp³-hybridized carbons (Fsp3) is 0.588. The Balaban J connectivity index is 1.68. The molecule has 0 aliphatic carbocycles. The Labute approximate surface area is 133 Å². The zero-order valence-electron chi connectivity index (χ0n) is 13.6. The smallest absolute Gasteiger partial charge is 0.224 e. The highest BCUT2D eigenvalue weighted by atomic mass is 16.5. The first kappa shape index (κ1) is 16.8. The molecule has 5 heteroatoms. The molecule has 2 rings (SSSR count). The highest BCUT2D eigenvalue weighted by Gasteiger charge is 2.21. The zero-order chi connectivity index (χ0) is 15.8. The first-order chi connectivity index (χ1) is 10.6. The van der Waals surface area contributed by atoms with Crippen molar-refractivity contribution in [3.8, 4) is 5.75 Å². The lowest BCUT2D eigenvalue weighted by atomic mass is 10.1. The number of amides is 1. The molecule has 1 unspecified atom stereocenters. The largest absolute Gasteiger partial charge is 0.494 e. The van der Waals surface area contributed by atoms with E-state index in [4.69, 9.17) is 4.74 Å². The van der Waals surface area contributed by atoms with Gasteiger partial charge in [-0.25, -0.2) is 0 Å². The molecular formula is C17H27N3O2. The Kier molecular flexibility index (Phi) is 6.68.